The van der Waals surface area contributed by atoms with Gasteiger partial charge < -0.3 is 15.4 Å². The Morgan fingerprint density at radius 1 is 1.07 bits per heavy atom. The molecule has 3 aromatic rings. The van der Waals surface area contributed by atoms with Crippen LogP contribution in [0.5, 0.6) is 5.75 Å². The Balaban J connectivity index is 1.82. The number of carbonyl (C=O) groups excluding carboxylic acids is 2. The summed E-state index contributed by atoms with van der Waals surface area (Å²) in [6.45, 7) is 5.15. The van der Waals surface area contributed by atoms with Gasteiger partial charge in [0.15, 0.2) is 0 Å². The number of rotatable bonds is 5. The van der Waals surface area contributed by atoms with E-state index in [9.17, 15) is 9.59 Å². The van der Waals surface area contributed by atoms with E-state index in [1.54, 1.807) is 47.1 Å². The van der Waals surface area contributed by atoms with E-state index in [0.29, 0.717) is 27.7 Å². The zero-order chi connectivity index (χ0) is 21.1. The van der Waals surface area contributed by atoms with Crippen LogP contribution in [-0.2, 0) is 4.79 Å². The van der Waals surface area contributed by atoms with Crippen molar-refractivity contribution >= 4 is 34.8 Å². The molecule has 0 spiro atoms. The molecule has 2 aromatic carbocycles. The van der Waals surface area contributed by atoms with Crippen molar-refractivity contribution < 1.29 is 14.3 Å². The maximum atomic E-state index is 12.7. The van der Waals surface area contributed by atoms with Gasteiger partial charge in [0.2, 0.25) is 5.91 Å². The van der Waals surface area contributed by atoms with Crippen molar-refractivity contribution in [1.82, 2.24) is 9.78 Å². The van der Waals surface area contributed by atoms with Crippen LogP contribution < -0.4 is 15.4 Å². The van der Waals surface area contributed by atoms with Gasteiger partial charge in [0, 0.05) is 18.2 Å². The molecular weight excluding hydrogens is 392 g/mol. The van der Waals surface area contributed by atoms with Crippen LogP contribution in [0.4, 0.5) is 11.4 Å². The van der Waals surface area contributed by atoms with Gasteiger partial charge in [-0.3, -0.25) is 9.59 Å². The highest BCUT2D eigenvalue weighted by Gasteiger charge is 2.14. The summed E-state index contributed by atoms with van der Waals surface area (Å²) < 4.78 is 7.03. The molecule has 29 heavy (non-hydrogen) atoms. The lowest BCUT2D eigenvalue weighted by molar-refractivity contribution is -0.114. The summed E-state index contributed by atoms with van der Waals surface area (Å²) in [6, 6.07) is 12.0. The number of anilines is 2. The lowest BCUT2D eigenvalue weighted by Gasteiger charge is -2.13. The van der Waals surface area contributed by atoms with Gasteiger partial charge in [0.1, 0.15) is 5.75 Å². The average molecular weight is 413 g/mol. The van der Waals surface area contributed by atoms with E-state index < -0.39 is 0 Å². The summed E-state index contributed by atoms with van der Waals surface area (Å²) >= 11 is 6.21. The number of carbonyl (C=O) groups is 2. The molecule has 8 heteroatoms. The minimum atomic E-state index is -0.304. The Labute approximate surface area is 173 Å². The van der Waals surface area contributed by atoms with Gasteiger partial charge in [0.25, 0.3) is 5.91 Å². The van der Waals surface area contributed by atoms with Crippen molar-refractivity contribution in [3.05, 3.63) is 64.4 Å². The Morgan fingerprint density at radius 2 is 1.76 bits per heavy atom. The van der Waals surface area contributed by atoms with Crippen molar-refractivity contribution in [2.45, 2.75) is 20.8 Å². The van der Waals surface area contributed by atoms with Gasteiger partial charge >= 0.3 is 0 Å². The quantitative estimate of drug-likeness (QED) is 0.651. The number of hydrogen-bond donors (Lipinski definition) is 2. The van der Waals surface area contributed by atoms with Gasteiger partial charge in [-0.2, -0.15) is 5.10 Å². The van der Waals surface area contributed by atoms with E-state index in [1.165, 1.54) is 14.0 Å². The zero-order valence-corrected chi connectivity index (χ0v) is 17.3. The lowest BCUT2D eigenvalue weighted by atomic mass is 10.1. The molecule has 1 heterocycles. The first-order valence-corrected chi connectivity index (χ1v) is 9.27. The van der Waals surface area contributed by atoms with Crippen LogP contribution in [0, 0.1) is 13.8 Å². The van der Waals surface area contributed by atoms with Crippen LogP contribution in [-0.4, -0.2) is 28.7 Å². The van der Waals surface area contributed by atoms with E-state index in [-0.39, 0.29) is 11.8 Å². The smallest absolute Gasteiger partial charge is 0.255 e. The number of hydrogen-bond acceptors (Lipinski definition) is 4. The third kappa shape index (κ3) is 4.41. The maximum Gasteiger partial charge on any atom is 0.255 e. The lowest BCUT2D eigenvalue weighted by Crippen LogP contribution is -2.13. The van der Waals surface area contributed by atoms with E-state index >= 15 is 0 Å². The predicted octanol–water partition coefficient (Wildman–Crippen LogP) is 4.36. The minimum Gasteiger partial charge on any atom is -0.495 e. The third-order valence-corrected chi connectivity index (χ3v) is 4.89. The maximum absolute atomic E-state index is 12.7. The van der Waals surface area contributed by atoms with Crippen LogP contribution in [0.15, 0.2) is 42.5 Å². The average Bonchev–Trinajstić information content (AvgIpc) is 2.95. The van der Waals surface area contributed by atoms with Gasteiger partial charge in [-0.05, 0) is 56.3 Å². The molecule has 150 valence electrons. The molecule has 0 bridgehead atoms. The molecule has 2 N–H and O–H groups in total. The van der Waals surface area contributed by atoms with Gasteiger partial charge in [-0.25, -0.2) is 4.68 Å². The number of amides is 2. The molecule has 0 aliphatic carbocycles. The number of ether oxygens (including phenoxy) is 1. The third-order valence-electron chi connectivity index (χ3n) is 4.35. The highest BCUT2D eigenvalue weighted by Crippen LogP contribution is 2.28. The normalized spacial score (nSPS) is 10.5. The van der Waals surface area contributed by atoms with Crippen molar-refractivity contribution in [2.24, 2.45) is 0 Å². The molecule has 0 atom stereocenters. The summed E-state index contributed by atoms with van der Waals surface area (Å²) in [6.07, 6.45) is 0. The number of aromatic nitrogens is 2. The predicted molar refractivity (Wildman–Crippen MR) is 113 cm³/mol. The molecular formula is C21H21ClN4O3. The molecule has 7 nitrogen and oxygen atoms in total. The molecule has 0 saturated heterocycles. The highest BCUT2D eigenvalue weighted by molar-refractivity contribution is 6.31. The summed E-state index contributed by atoms with van der Waals surface area (Å²) in [7, 11) is 1.51. The van der Waals surface area contributed by atoms with Crippen LogP contribution in [0.25, 0.3) is 5.69 Å². The van der Waals surface area contributed by atoms with Crippen LogP contribution in [0.3, 0.4) is 0 Å². The van der Waals surface area contributed by atoms with Gasteiger partial charge in [-0.1, -0.05) is 11.6 Å². The summed E-state index contributed by atoms with van der Waals surface area (Å²) in [4.78, 5) is 24.0. The Hall–Kier alpha value is -3.32. The second kappa shape index (κ2) is 8.36. The largest absolute Gasteiger partial charge is 0.495 e. The number of nitrogens with zero attached hydrogens (tertiary/aromatic N) is 2. The molecule has 1 aromatic heterocycles. The Morgan fingerprint density at radius 3 is 2.31 bits per heavy atom. The monoisotopic (exact) mass is 412 g/mol. The zero-order valence-electron chi connectivity index (χ0n) is 16.5. The van der Waals surface area contributed by atoms with Gasteiger partial charge in [-0.15, -0.1) is 0 Å². The molecule has 3 rings (SSSR count). The number of aryl methyl sites for hydroxylation is 1. The molecule has 0 aliphatic heterocycles. The number of nitrogens with one attached hydrogen (secondary N) is 2. The second-order valence-electron chi connectivity index (χ2n) is 6.49. The topological polar surface area (TPSA) is 85.3 Å². The minimum absolute atomic E-state index is 0.202. The van der Waals surface area contributed by atoms with Crippen molar-refractivity contribution in [3.8, 4) is 11.4 Å². The molecule has 0 aliphatic rings. The Bertz CT molecular complexity index is 1070. The molecule has 0 saturated carbocycles. The fourth-order valence-electron chi connectivity index (χ4n) is 2.91. The van der Waals surface area contributed by atoms with Crippen LogP contribution in [0.2, 0.25) is 5.02 Å². The first-order valence-electron chi connectivity index (χ1n) is 8.89. The number of benzene rings is 2. The molecule has 0 fully saturated rings. The van der Waals surface area contributed by atoms with Crippen molar-refractivity contribution in [2.75, 3.05) is 17.7 Å². The molecule has 0 radical (unpaired) electrons. The van der Waals surface area contributed by atoms with Crippen molar-refractivity contribution in [3.63, 3.8) is 0 Å². The summed E-state index contributed by atoms with van der Waals surface area (Å²) in [5.41, 5.74) is 3.87. The summed E-state index contributed by atoms with van der Waals surface area (Å²) in [5, 5.41) is 10.5. The number of methoxy groups -OCH3 is 1. The first-order chi connectivity index (χ1) is 13.8. The van der Waals surface area contributed by atoms with Crippen LogP contribution in [0.1, 0.15) is 28.7 Å². The van der Waals surface area contributed by atoms with Gasteiger partial charge in [0.05, 0.1) is 34.9 Å². The molecule has 2 amide bonds. The summed E-state index contributed by atoms with van der Waals surface area (Å²) in [5.74, 6) is -0.0186. The first kappa shape index (κ1) is 20.4. The number of halogens is 1. The highest BCUT2D eigenvalue weighted by atomic mass is 35.5. The van der Waals surface area contributed by atoms with E-state index in [1.807, 2.05) is 13.8 Å². The fourth-order valence-corrected chi connectivity index (χ4v) is 3.03. The van der Waals surface area contributed by atoms with E-state index in [2.05, 4.69) is 15.7 Å². The fraction of sp³-hybridized carbons (Fsp3) is 0.190. The van der Waals surface area contributed by atoms with Crippen LogP contribution >= 0.6 is 11.6 Å². The van der Waals surface area contributed by atoms with Crippen molar-refractivity contribution in [1.29, 1.82) is 0 Å². The standard InChI is InChI=1S/C21H21ClN4O3/c1-12-20(22)13(2)26(25-12)17-8-5-15(6-9-17)21(28)24-18-11-16(23-14(3)27)7-10-19(18)29-4/h5-11H,1-4H3,(H,23,27)(H,24,28). The second-order valence-corrected chi connectivity index (χ2v) is 6.87. The van der Waals surface area contributed by atoms with E-state index in [4.69, 9.17) is 16.3 Å². The van der Waals surface area contributed by atoms with E-state index in [0.717, 1.165) is 17.1 Å². The SMILES string of the molecule is COc1ccc(NC(C)=O)cc1NC(=O)c1ccc(-n2nc(C)c(Cl)c2C)cc1. The Kier molecular flexibility index (Phi) is 5.89. The molecule has 0 unspecified atom stereocenters.